The van der Waals surface area contributed by atoms with Crippen LogP contribution in [0.1, 0.15) is 46.0 Å². The van der Waals surface area contributed by atoms with E-state index >= 15 is 0 Å². The van der Waals surface area contributed by atoms with E-state index in [4.69, 9.17) is 0 Å². The van der Waals surface area contributed by atoms with Crippen LogP contribution in [0, 0.1) is 11.8 Å². The van der Waals surface area contributed by atoms with E-state index in [1.165, 1.54) is 32.1 Å². The van der Waals surface area contributed by atoms with Gasteiger partial charge in [-0.2, -0.15) is 0 Å². The van der Waals surface area contributed by atoms with Crippen molar-refractivity contribution in [3.8, 4) is 0 Å². The lowest BCUT2D eigenvalue weighted by molar-refractivity contribution is 0.398. The van der Waals surface area contributed by atoms with E-state index < -0.39 is 0 Å². The number of rotatable bonds is 1. The van der Waals surface area contributed by atoms with Gasteiger partial charge < -0.3 is 0 Å². The smallest absolute Gasteiger partial charge is 0.0243 e. The quantitative estimate of drug-likeness (QED) is 0.505. The molecule has 0 heteroatoms. The monoisotopic (exact) mass is 125 g/mol. The van der Waals surface area contributed by atoms with E-state index in [9.17, 15) is 0 Å². The zero-order valence-corrected chi connectivity index (χ0v) is 6.61. The standard InChI is InChI=1S/C9H17/c1-3-9-6-4-8(2)5-7-9/h8H,3-7H2,1-2H3. The van der Waals surface area contributed by atoms with Gasteiger partial charge in [-0.05, 0) is 31.1 Å². The topological polar surface area (TPSA) is 0 Å². The molecule has 0 aromatic rings. The number of hydrogen-bond acceptors (Lipinski definition) is 0. The average Bonchev–Trinajstić information content (AvgIpc) is 1.90. The molecule has 1 saturated carbocycles. The second-order valence-corrected chi connectivity index (χ2v) is 3.29. The van der Waals surface area contributed by atoms with Gasteiger partial charge in [-0.15, -0.1) is 0 Å². The third kappa shape index (κ3) is 2.00. The van der Waals surface area contributed by atoms with Crippen LogP contribution < -0.4 is 0 Å². The van der Waals surface area contributed by atoms with Gasteiger partial charge in [-0.3, -0.25) is 0 Å². The molecule has 1 aliphatic rings. The highest BCUT2D eigenvalue weighted by atomic mass is 14.2. The maximum atomic E-state index is 2.37. The largest absolute Gasteiger partial charge is 0.0648 e. The maximum absolute atomic E-state index is 2.37. The van der Waals surface area contributed by atoms with Crippen LogP contribution in [0.2, 0.25) is 0 Å². The summed E-state index contributed by atoms with van der Waals surface area (Å²) in [5.74, 6) is 2.80. The zero-order valence-electron chi connectivity index (χ0n) is 6.61. The summed E-state index contributed by atoms with van der Waals surface area (Å²) >= 11 is 0. The van der Waals surface area contributed by atoms with Crippen molar-refractivity contribution in [3.05, 3.63) is 5.92 Å². The molecule has 0 aliphatic heterocycles. The van der Waals surface area contributed by atoms with Gasteiger partial charge in [0.05, 0.1) is 0 Å². The molecule has 1 aliphatic carbocycles. The molecule has 0 atom stereocenters. The van der Waals surface area contributed by atoms with Crippen molar-refractivity contribution in [1.82, 2.24) is 0 Å². The predicted molar refractivity (Wildman–Crippen MR) is 41.2 cm³/mol. The number of hydrogen-bond donors (Lipinski definition) is 0. The van der Waals surface area contributed by atoms with Crippen LogP contribution in [-0.4, -0.2) is 0 Å². The minimum absolute atomic E-state index is 1.00. The molecule has 1 fully saturated rings. The summed E-state index contributed by atoms with van der Waals surface area (Å²) < 4.78 is 0. The SMILES string of the molecule is CC[C]1CCC(C)CC1. The molecular formula is C9H17. The Bertz CT molecular complexity index is 68.1. The molecule has 0 spiro atoms. The fourth-order valence-corrected chi connectivity index (χ4v) is 1.52. The molecule has 1 rings (SSSR count). The van der Waals surface area contributed by atoms with Gasteiger partial charge >= 0.3 is 0 Å². The van der Waals surface area contributed by atoms with E-state index in [1.807, 2.05) is 0 Å². The van der Waals surface area contributed by atoms with Crippen molar-refractivity contribution in [2.45, 2.75) is 46.0 Å². The van der Waals surface area contributed by atoms with Gasteiger partial charge in [0, 0.05) is 0 Å². The molecular weight excluding hydrogens is 108 g/mol. The van der Waals surface area contributed by atoms with Crippen LogP contribution in [0.15, 0.2) is 0 Å². The zero-order chi connectivity index (χ0) is 6.69. The second-order valence-electron chi connectivity index (χ2n) is 3.29. The second kappa shape index (κ2) is 3.24. The van der Waals surface area contributed by atoms with Gasteiger partial charge in [0.1, 0.15) is 0 Å². The molecule has 1 radical (unpaired) electrons. The van der Waals surface area contributed by atoms with Crippen LogP contribution >= 0.6 is 0 Å². The van der Waals surface area contributed by atoms with Gasteiger partial charge in [0.25, 0.3) is 0 Å². The average molecular weight is 125 g/mol. The van der Waals surface area contributed by atoms with Crippen LogP contribution in [0.3, 0.4) is 0 Å². The van der Waals surface area contributed by atoms with E-state index in [0.29, 0.717) is 0 Å². The Morgan fingerprint density at radius 3 is 2.33 bits per heavy atom. The molecule has 0 nitrogen and oxygen atoms in total. The Balaban J connectivity index is 2.18. The highest BCUT2D eigenvalue weighted by molar-refractivity contribution is 4.92. The molecule has 0 bridgehead atoms. The fourth-order valence-electron chi connectivity index (χ4n) is 1.52. The molecule has 0 aromatic heterocycles. The highest BCUT2D eigenvalue weighted by Crippen LogP contribution is 2.31. The summed E-state index contributed by atoms with van der Waals surface area (Å²) in [6.45, 7) is 4.65. The molecule has 0 heterocycles. The predicted octanol–water partition coefficient (Wildman–Crippen LogP) is 3.18. The normalized spacial score (nSPS) is 24.7. The van der Waals surface area contributed by atoms with Crippen LogP contribution in [-0.2, 0) is 0 Å². The fraction of sp³-hybridized carbons (Fsp3) is 0.889. The Labute approximate surface area is 58.7 Å². The maximum Gasteiger partial charge on any atom is -0.0243 e. The van der Waals surface area contributed by atoms with E-state index in [1.54, 1.807) is 5.92 Å². The first kappa shape index (κ1) is 7.11. The Kier molecular flexibility index (Phi) is 2.56. The molecule has 0 amide bonds. The first-order chi connectivity index (χ1) is 4.33. The molecule has 0 saturated heterocycles. The van der Waals surface area contributed by atoms with Gasteiger partial charge in [-0.1, -0.05) is 26.7 Å². The van der Waals surface area contributed by atoms with Crippen molar-refractivity contribution < 1.29 is 0 Å². The van der Waals surface area contributed by atoms with Crippen LogP contribution in [0.25, 0.3) is 0 Å². The van der Waals surface area contributed by atoms with Gasteiger partial charge in [0.15, 0.2) is 0 Å². The van der Waals surface area contributed by atoms with E-state index in [-0.39, 0.29) is 0 Å². The lowest BCUT2D eigenvalue weighted by atomic mass is 9.82. The molecule has 9 heavy (non-hydrogen) atoms. The third-order valence-corrected chi connectivity index (χ3v) is 2.48. The molecule has 0 unspecified atom stereocenters. The lowest BCUT2D eigenvalue weighted by Gasteiger charge is -2.24. The Morgan fingerprint density at radius 1 is 1.33 bits per heavy atom. The highest BCUT2D eigenvalue weighted by Gasteiger charge is 2.16. The first-order valence-corrected chi connectivity index (χ1v) is 4.16. The summed E-state index contributed by atoms with van der Waals surface area (Å²) in [6.07, 6.45) is 7.05. The minimum Gasteiger partial charge on any atom is -0.0648 e. The van der Waals surface area contributed by atoms with Crippen molar-refractivity contribution >= 4 is 0 Å². The Morgan fingerprint density at radius 2 is 1.89 bits per heavy atom. The van der Waals surface area contributed by atoms with Gasteiger partial charge in [0.2, 0.25) is 0 Å². The Hall–Kier alpha value is 0. The van der Waals surface area contributed by atoms with E-state index in [0.717, 1.165) is 5.92 Å². The minimum atomic E-state index is 1.00. The summed E-state index contributed by atoms with van der Waals surface area (Å²) in [7, 11) is 0. The van der Waals surface area contributed by atoms with Crippen molar-refractivity contribution in [3.63, 3.8) is 0 Å². The van der Waals surface area contributed by atoms with Gasteiger partial charge in [-0.25, -0.2) is 0 Å². The summed E-state index contributed by atoms with van der Waals surface area (Å²) in [4.78, 5) is 0. The van der Waals surface area contributed by atoms with Crippen molar-refractivity contribution in [1.29, 1.82) is 0 Å². The first-order valence-electron chi connectivity index (χ1n) is 4.16. The van der Waals surface area contributed by atoms with E-state index in [2.05, 4.69) is 13.8 Å². The summed E-state index contributed by atoms with van der Waals surface area (Å²) in [6, 6.07) is 0. The van der Waals surface area contributed by atoms with Crippen molar-refractivity contribution in [2.24, 2.45) is 5.92 Å². The van der Waals surface area contributed by atoms with Crippen molar-refractivity contribution in [2.75, 3.05) is 0 Å². The van der Waals surface area contributed by atoms with Crippen LogP contribution in [0.5, 0.6) is 0 Å². The molecule has 0 N–H and O–H groups in total. The van der Waals surface area contributed by atoms with Crippen LogP contribution in [0.4, 0.5) is 0 Å². The third-order valence-electron chi connectivity index (χ3n) is 2.48. The lowest BCUT2D eigenvalue weighted by Crippen LogP contribution is -2.09. The summed E-state index contributed by atoms with van der Waals surface area (Å²) in [5, 5.41) is 0. The molecule has 53 valence electrons. The summed E-state index contributed by atoms with van der Waals surface area (Å²) in [5.41, 5.74) is 0. The molecule has 0 aromatic carbocycles.